The minimum atomic E-state index is -0.333. The first-order chi connectivity index (χ1) is 12.5. The number of nitrogens with two attached hydrogens (primary N) is 1. The summed E-state index contributed by atoms with van der Waals surface area (Å²) in [5.74, 6) is 1.03. The van der Waals surface area contributed by atoms with Gasteiger partial charge in [-0.2, -0.15) is 0 Å². The second kappa shape index (κ2) is 6.67. The lowest BCUT2D eigenvalue weighted by Gasteiger charge is -2.26. The number of Topliss-reactive ketones (excluding diaryl/α,β-unsaturated/α-hetero) is 1. The predicted molar refractivity (Wildman–Crippen MR) is 95.8 cm³/mol. The van der Waals surface area contributed by atoms with Crippen molar-refractivity contribution in [1.82, 2.24) is 9.97 Å². The molecule has 1 aromatic carbocycles. The van der Waals surface area contributed by atoms with Crippen LogP contribution in [0.4, 0.5) is 10.3 Å². The van der Waals surface area contributed by atoms with E-state index in [0.717, 1.165) is 17.9 Å². The summed E-state index contributed by atoms with van der Waals surface area (Å²) in [5, 5.41) is 0. The molecule has 2 aromatic rings. The Morgan fingerprint density at radius 2 is 2.08 bits per heavy atom. The van der Waals surface area contributed by atoms with Crippen molar-refractivity contribution in [3.63, 3.8) is 0 Å². The molecule has 1 atom stereocenters. The molecule has 0 radical (unpaired) electrons. The van der Waals surface area contributed by atoms with Crippen molar-refractivity contribution in [3.05, 3.63) is 46.5 Å². The van der Waals surface area contributed by atoms with E-state index >= 15 is 0 Å². The number of nitrogens with zero attached hydrogens (tertiary/aromatic N) is 2. The van der Waals surface area contributed by atoms with Gasteiger partial charge in [0.25, 0.3) is 0 Å². The molecule has 2 N–H and O–H groups in total. The number of hydrogen-bond acceptors (Lipinski definition) is 5. The fourth-order valence-electron chi connectivity index (χ4n) is 3.73. The molecule has 0 spiro atoms. The average molecular weight is 355 g/mol. The number of rotatable bonds is 5. The molecule has 26 heavy (non-hydrogen) atoms. The Bertz CT molecular complexity index is 864. The fourth-order valence-corrected chi connectivity index (χ4v) is 3.73. The lowest BCUT2D eigenvalue weighted by Crippen LogP contribution is -2.23. The van der Waals surface area contributed by atoms with Gasteiger partial charge in [-0.3, -0.25) is 4.79 Å². The minimum absolute atomic E-state index is 0.00186. The monoisotopic (exact) mass is 355 g/mol. The van der Waals surface area contributed by atoms with E-state index in [9.17, 15) is 9.18 Å². The van der Waals surface area contributed by atoms with Gasteiger partial charge in [0.05, 0.1) is 23.6 Å². The van der Waals surface area contributed by atoms with E-state index in [2.05, 4.69) is 9.97 Å². The van der Waals surface area contributed by atoms with Crippen LogP contribution in [0.2, 0.25) is 0 Å². The van der Waals surface area contributed by atoms with E-state index in [1.165, 1.54) is 25.0 Å². The molecule has 5 nitrogen and oxygen atoms in total. The molecule has 1 saturated carbocycles. The summed E-state index contributed by atoms with van der Waals surface area (Å²) in [6.45, 7) is 2.35. The third-order valence-electron chi connectivity index (χ3n) is 5.23. The van der Waals surface area contributed by atoms with E-state index < -0.39 is 0 Å². The molecule has 0 amide bonds. The van der Waals surface area contributed by atoms with Gasteiger partial charge in [0.2, 0.25) is 5.95 Å². The third kappa shape index (κ3) is 3.41. The predicted octanol–water partition coefficient (Wildman–Crippen LogP) is 3.60. The summed E-state index contributed by atoms with van der Waals surface area (Å²) < 4.78 is 19.6. The van der Waals surface area contributed by atoms with Gasteiger partial charge in [0.1, 0.15) is 11.6 Å². The van der Waals surface area contributed by atoms with E-state index in [4.69, 9.17) is 10.5 Å². The largest absolute Gasteiger partial charge is 0.493 e. The minimum Gasteiger partial charge on any atom is -0.493 e. The first-order valence-corrected chi connectivity index (χ1v) is 9.09. The first-order valence-electron chi connectivity index (χ1n) is 9.09. The molecule has 6 heteroatoms. The van der Waals surface area contributed by atoms with Crippen LogP contribution < -0.4 is 10.5 Å². The second-order valence-electron chi connectivity index (χ2n) is 7.28. The topological polar surface area (TPSA) is 78.1 Å². The number of nitrogen functional groups attached to an aromatic ring is 1. The van der Waals surface area contributed by atoms with E-state index in [0.29, 0.717) is 42.1 Å². The molecule has 1 unspecified atom stereocenters. The van der Waals surface area contributed by atoms with Crippen molar-refractivity contribution in [2.45, 2.75) is 44.9 Å². The highest BCUT2D eigenvalue weighted by Crippen LogP contribution is 2.38. The fraction of sp³-hybridized carbons (Fsp3) is 0.450. The summed E-state index contributed by atoms with van der Waals surface area (Å²) in [5.41, 5.74) is 8.48. The molecule has 2 aliphatic carbocycles. The smallest absolute Gasteiger partial charge is 0.220 e. The summed E-state index contributed by atoms with van der Waals surface area (Å²) in [7, 11) is 0. The third-order valence-corrected chi connectivity index (χ3v) is 5.23. The van der Waals surface area contributed by atoms with Gasteiger partial charge < -0.3 is 10.5 Å². The molecule has 4 rings (SSSR count). The van der Waals surface area contributed by atoms with E-state index in [-0.39, 0.29) is 23.5 Å². The molecular formula is C20H22FN3O2. The zero-order valence-corrected chi connectivity index (χ0v) is 14.8. The Labute approximate surface area is 151 Å². The van der Waals surface area contributed by atoms with Crippen molar-refractivity contribution in [1.29, 1.82) is 0 Å². The van der Waals surface area contributed by atoms with Gasteiger partial charge in [0, 0.05) is 18.4 Å². The van der Waals surface area contributed by atoms with Crippen molar-refractivity contribution < 1.29 is 13.9 Å². The lowest BCUT2D eigenvalue weighted by molar-refractivity contribution is 0.0961. The highest BCUT2D eigenvalue weighted by Gasteiger charge is 2.31. The quantitative estimate of drug-likeness (QED) is 0.887. The Hall–Kier alpha value is -2.50. The molecule has 1 heterocycles. The van der Waals surface area contributed by atoms with Crippen LogP contribution in [0.15, 0.2) is 18.2 Å². The number of fused-ring (bicyclic) bond motifs is 1. The molecule has 0 bridgehead atoms. The number of aryl methyl sites for hydroxylation is 1. The number of benzene rings is 1. The van der Waals surface area contributed by atoms with Crippen LogP contribution in [0.3, 0.4) is 0 Å². The highest BCUT2D eigenvalue weighted by molar-refractivity contribution is 5.99. The Morgan fingerprint density at radius 1 is 1.27 bits per heavy atom. The summed E-state index contributed by atoms with van der Waals surface area (Å²) >= 11 is 0. The molecule has 136 valence electrons. The van der Waals surface area contributed by atoms with Gasteiger partial charge in [-0.15, -0.1) is 0 Å². The lowest BCUT2D eigenvalue weighted by atomic mass is 9.81. The number of aromatic nitrogens is 2. The Kier molecular flexibility index (Phi) is 4.34. The first kappa shape index (κ1) is 16.9. The highest BCUT2D eigenvalue weighted by atomic mass is 19.1. The van der Waals surface area contributed by atoms with Crippen molar-refractivity contribution in [3.8, 4) is 5.75 Å². The molecular weight excluding hydrogens is 333 g/mol. The van der Waals surface area contributed by atoms with Crippen molar-refractivity contribution in [2.24, 2.45) is 5.92 Å². The maximum absolute atomic E-state index is 13.8. The van der Waals surface area contributed by atoms with Crippen LogP contribution in [0.25, 0.3) is 0 Å². The number of ketones is 1. The molecule has 2 aliphatic rings. The van der Waals surface area contributed by atoms with Crippen LogP contribution >= 0.6 is 0 Å². The van der Waals surface area contributed by atoms with Crippen LogP contribution in [0, 0.1) is 18.7 Å². The summed E-state index contributed by atoms with van der Waals surface area (Å²) in [6.07, 6.45) is 4.41. The maximum atomic E-state index is 13.8. The summed E-state index contributed by atoms with van der Waals surface area (Å²) in [4.78, 5) is 21.0. The van der Waals surface area contributed by atoms with Gasteiger partial charge in [-0.25, -0.2) is 14.4 Å². The number of carbonyl (C=O) groups is 1. The van der Waals surface area contributed by atoms with Crippen LogP contribution in [0.5, 0.6) is 5.75 Å². The van der Waals surface area contributed by atoms with Gasteiger partial charge in [0.15, 0.2) is 5.78 Å². The zero-order valence-electron chi connectivity index (χ0n) is 14.8. The summed E-state index contributed by atoms with van der Waals surface area (Å²) in [6, 6.07) is 4.56. The average Bonchev–Trinajstić information content (AvgIpc) is 3.38. The SMILES string of the molecule is Cc1nc(N)nc2c1C(=O)CC(c1ccc(F)cc1OCCC1CC1)C2. The Balaban J connectivity index is 1.61. The zero-order chi connectivity index (χ0) is 18.3. The van der Waals surface area contributed by atoms with Crippen LogP contribution in [-0.4, -0.2) is 22.4 Å². The molecule has 0 aliphatic heterocycles. The van der Waals surface area contributed by atoms with Crippen molar-refractivity contribution in [2.75, 3.05) is 12.3 Å². The molecule has 0 saturated heterocycles. The number of carbonyl (C=O) groups excluding carboxylic acids is 1. The van der Waals surface area contributed by atoms with E-state index in [1.54, 1.807) is 13.0 Å². The Morgan fingerprint density at radius 3 is 2.85 bits per heavy atom. The van der Waals surface area contributed by atoms with E-state index in [1.807, 2.05) is 0 Å². The normalized spacial score (nSPS) is 19.3. The number of anilines is 1. The maximum Gasteiger partial charge on any atom is 0.220 e. The molecule has 1 aromatic heterocycles. The second-order valence-corrected chi connectivity index (χ2v) is 7.28. The van der Waals surface area contributed by atoms with Crippen LogP contribution in [0.1, 0.15) is 58.9 Å². The van der Waals surface area contributed by atoms with Gasteiger partial charge in [-0.1, -0.05) is 18.9 Å². The van der Waals surface area contributed by atoms with Gasteiger partial charge >= 0.3 is 0 Å². The van der Waals surface area contributed by atoms with Crippen LogP contribution in [-0.2, 0) is 6.42 Å². The number of hydrogen-bond donors (Lipinski definition) is 1. The molecule has 1 fully saturated rings. The van der Waals surface area contributed by atoms with Gasteiger partial charge in [-0.05, 0) is 37.3 Å². The standard InChI is InChI=1S/C20H22FN3O2/c1-11-19-16(24-20(22)23-11)8-13(9-17(19)25)15-5-4-14(21)10-18(15)26-7-6-12-2-3-12/h4-5,10,12-13H,2-3,6-9H2,1H3,(H2,22,23,24). The number of ether oxygens (including phenoxy) is 1. The number of halogens is 1. The van der Waals surface area contributed by atoms with Crippen molar-refractivity contribution >= 4 is 11.7 Å².